The van der Waals surface area contributed by atoms with E-state index < -0.39 is 47.0 Å². The van der Waals surface area contributed by atoms with Gasteiger partial charge in [-0.15, -0.1) is 0 Å². The fraction of sp³-hybridized carbons (Fsp3) is 0.552. The molecule has 1 unspecified atom stereocenters. The van der Waals surface area contributed by atoms with E-state index in [1.807, 2.05) is 6.07 Å². The van der Waals surface area contributed by atoms with Crippen LogP contribution in [0, 0.1) is 11.3 Å². The normalized spacial score (nSPS) is 21.6. The Balaban J connectivity index is 1.66. The van der Waals surface area contributed by atoms with Crippen LogP contribution in [0.15, 0.2) is 47.4 Å². The summed E-state index contributed by atoms with van der Waals surface area (Å²) < 4.78 is 45.4. The number of likely N-dealkylation sites (tertiary alicyclic amines) is 1. The van der Waals surface area contributed by atoms with E-state index in [0.29, 0.717) is 24.0 Å². The molecule has 2 aromatic rings. The molecule has 1 N–H and O–H groups in total. The molecule has 1 aliphatic carbocycles. The van der Waals surface area contributed by atoms with E-state index in [1.165, 1.54) is 28.7 Å². The molecule has 4 rings (SSSR count). The Morgan fingerprint density at radius 2 is 1.79 bits per heavy atom. The van der Waals surface area contributed by atoms with Crippen LogP contribution in [0.4, 0.5) is 13.2 Å². The average Bonchev–Trinajstić information content (AvgIpc) is 3.36. The summed E-state index contributed by atoms with van der Waals surface area (Å²) in [5.41, 5.74) is -1.26. The molecular formula is C29H35F3N2O5. The van der Waals surface area contributed by atoms with Gasteiger partial charge in [0.15, 0.2) is 0 Å². The van der Waals surface area contributed by atoms with Crippen molar-refractivity contribution in [3.63, 3.8) is 0 Å². The number of carbonyl (C=O) groups is 2. The predicted octanol–water partition coefficient (Wildman–Crippen LogP) is 4.80. The number of amides is 1. The van der Waals surface area contributed by atoms with Crippen LogP contribution in [0.25, 0.3) is 11.1 Å². The van der Waals surface area contributed by atoms with Gasteiger partial charge >= 0.3 is 12.1 Å². The molecule has 1 aromatic heterocycles. The van der Waals surface area contributed by atoms with E-state index in [1.54, 1.807) is 31.2 Å². The van der Waals surface area contributed by atoms with Crippen LogP contribution in [0.2, 0.25) is 0 Å². The first-order valence-electron chi connectivity index (χ1n) is 13.4. The van der Waals surface area contributed by atoms with Crippen LogP contribution in [-0.4, -0.2) is 57.9 Å². The lowest BCUT2D eigenvalue weighted by Crippen LogP contribution is -2.62. The second-order valence-corrected chi connectivity index (χ2v) is 10.9. The Labute approximate surface area is 225 Å². The van der Waals surface area contributed by atoms with Crippen molar-refractivity contribution in [2.75, 3.05) is 19.7 Å². The minimum absolute atomic E-state index is 0.0842. The summed E-state index contributed by atoms with van der Waals surface area (Å²) in [6, 6.07) is 10.4. The predicted molar refractivity (Wildman–Crippen MR) is 139 cm³/mol. The van der Waals surface area contributed by atoms with Crippen LogP contribution in [0.5, 0.6) is 0 Å². The van der Waals surface area contributed by atoms with Crippen LogP contribution in [0.1, 0.15) is 62.7 Å². The van der Waals surface area contributed by atoms with Crippen LogP contribution < -0.4 is 5.56 Å². The summed E-state index contributed by atoms with van der Waals surface area (Å²) in [7, 11) is 0. The molecule has 2 fully saturated rings. The molecule has 1 aromatic carbocycles. The third-order valence-corrected chi connectivity index (χ3v) is 8.25. The van der Waals surface area contributed by atoms with Gasteiger partial charge in [-0.25, -0.2) is 4.79 Å². The number of esters is 1. The summed E-state index contributed by atoms with van der Waals surface area (Å²) in [5.74, 6) is -2.38. The van der Waals surface area contributed by atoms with Gasteiger partial charge in [0.25, 0.3) is 5.56 Å². The smallest absolute Gasteiger partial charge is 0.389 e. The highest BCUT2D eigenvalue weighted by Crippen LogP contribution is 2.52. The summed E-state index contributed by atoms with van der Waals surface area (Å²) in [6.45, 7) is 3.23. The van der Waals surface area contributed by atoms with Crippen molar-refractivity contribution in [2.24, 2.45) is 11.3 Å². The lowest BCUT2D eigenvalue weighted by molar-refractivity contribution is -0.172. The summed E-state index contributed by atoms with van der Waals surface area (Å²) in [6.07, 6.45) is -1.33. The average molecular weight is 549 g/mol. The zero-order chi connectivity index (χ0) is 28.4. The van der Waals surface area contributed by atoms with Gasteiger partial charge in [0.2, 0.25) is 5.91 Å². The molecule has 39 heavy (non-hydrogen) atoms. The Bertz CT molecular complexity index is 1250. The van der Waals surface area contributed by atoms with E-state index in [4.69, 9.17) is 4.74 Å². The highest BCUT2D eigenvalue weighted by molar-refractivity contribution is 5.96. The number of benzene rings is 1. The van der Waals surface area contributed by atoms with Gasteiger partial charge in [-0.1, -0.05) is 50.1 Å². The standard InChI is InChI=1S/C29H35F3N2O5/c1-3-39-26(37)23-17-34(24(35)15-22(23)21-9-5-4-6-10-21)19-28(38)13-14-33(18-27(28)11-7-8-12-27)25(36)20(2)16-29(30,31)32/h4-6,9-10,15,17,20,38H,3,7-8,11-14,16,18-19H2,1-2H3/t20?,28-/m1/s1. The molecule has 7 nitrogen and oxygen atoms in total. The lowest BCUT2D eigenvalue weighted by Gasteiger charge is -2.52. The van der Waals surface area contributed by atoms with E-state index in [2.05, 4.69) is 0 Å². The van der Waals surface area contributed by atoms with Gasteiger partial charge in [-0.2, -0.15) is 13.2 Å². The van der Waals surface area contributed by atoms with E-state index in [-0.39, 0.29) is 38.2 Å². The first-order valence-corrected chi connectivity index (χ1v) is 13.4. The number of aromatic nitrogens is 1. The van der Waals surface area contributed by atoms with Crippen molar-refractivity contribution < 1.29 is 32.6 Å². The Morgan fingerprint density at radius 1 is 1.13 bits per heavy atom. The van der Waals surface area contributed by atoms with Crippen LogP contribution in [-0.2, 0) is 16.1 Å². The molecule has 1 aliphatic heterocycles. The molecule has 2 atom stereocenters. The Morgan fingerprint density at radius 3 is 2.41 bits per heavy atom. The molecule has 212 valence electrons. The second-order valence-electron chi connectivity index (χ2n) is 10.9. The van der Waals surface area contributed by atoms with E-state index in [9.17, 15) is 32.7 Å². The van der Waals surface area contributed by atoms with Crippen molar-refractivity contribution >= 4 is 11.9 Å². The highest BCUT2D eigenvalue weighted by Gasteiger charge is 2.56. The lowest BCUT2D eigenvalue weighted by atomic mass is 9.65. The monoisotopic (exact) mass is 548 g/mol. The summed E-state index contributed by atoms with van der Waals surface area (Å²) >= 11 is 0. The maximum atomic E-state index is 13.3. The minimum atomic E-state index is -4.44. The van der Waals surface area contributed by atoms with Crippen LogP contribution >= 0.6 is 0 Å². The van der Waals surface area contributed by atoms with Crippen molar-refractivity contribution in [1.82, 2.24) is 9.47 Å². The molecule has 0 radical (unpaired) electrons. The van der Waals surface area contributed by atoms with Crippen molar-refractivity contribution in [3.8, 4) is 11.1 Å². The number of rotatable bonds is 7. The fourth-order valence-corrected chi connectivity index (χ4v) is 6.24. The fourth-order valence-electron chi connectivity index (χ4n) is 6.24. The molecular weight excluding hydrogens is 513 g/mol. The van der Waals surface area contributed by atoms with Crippen molar-refractivity contribution in [3.05, 3.63) is 58.5 Å². The number of ether oxygens (including phenoxy) is 1. The number of piperidine rings is 1. The number of carbonyl (C=O) groups excluding carboxylic acids is 2. The Hall–Kier alpha value is -3.14. The zero-order valence-electron chi connectivity index (χ0n) is 22.3. The number of halogens is 3. The van der Waals surface area contributed by atoms with Gasteiger partial charge < -0.3 is 19.3 Å². The first-order chi connectivity index (χ1) is 18.4. The third-order valence-electron chi connectivity index (χ3n) is 8.25. The third kappa shape index (κ3) is 6.05. The number of pyridine rings is 1. The topological polar surface area (TPSA) is 88.8 Å². The quantitative estimate of drug-likeness (QED) is 0.502. The number of hydrogen-bond donors (Lipinski definition) is 1. The van der Waals surface area contributed by atoms with E-state index in [0.717, 1.165) is 12.8 Å². The molecule has 1 spiro atoms. The summed E-state index contributed by atoms with van der Waals surface area (Å²) in [5, 5.41) is 12.0. The first kappa shape index (κ1) is 28.9. The number of alkyl halides is 3. The largest absolute Gasteiger partial charge is 0.462 e. The Kier molecular flexibility index (Phi) is 8.25. The molecule has 2 aliphatic rings. The SMILES string of the molecule is CCOC(=O)c1cn(C[C@]2(O)CCN(C(=O)C(C)CC(F)(F)F)CC23CCCC3)c(=O)cc1-c1ccccc1. The molecule has 1 saturated carbocycles. The molecule has 10 heteroatoms. The second kappa shape index (κ2) is 11.2. The molecule has 2 heterocycles. The van der Waals surface area contributed by atoms with Gasteiger partial charge in [0.1, 0.15) is 0 Å². The van der Waals surface area contributed by atoms with E-state index >= 15 is 0 Å². The molecule has 0 bridgehead atoms. The van der Waals surface area contributed by atoms with Gasteiger partial charge in [0.05, 0.1) is 30.7 Å². The van der Waals surface area contributed by atoms with Gasteiger partial charge in [-0.05, 0) is 31.7 Å². The van der Waals surface area contributed by atoms with Gasteiger partial charge in [-0.3, -0.25) is 9.59 Å². The van der Waals surface area contributed by atoms with Crippen molar-refractivity contribution in [2.45, 2.75) is 70.7 Å². The maximum Gasteiger partial charge on any atom is 0.389 e. The minimum Gasteiger partial charge on any atom is -0.462 e. The zero-order valence-corrected chi connectivity index (χ0v) is 22.3. The molecule has 1 amide bonds. The van der Waals surface area contributed by atoms with Crippen molar-refractivity contribution in [1.29, 1.82) is 0 Å². The number of aliphatic hydroxyl groups is 1. The summed E-state index contributed by atoms with van der Waals surface area (Å²) in [4.78, 5) is 40.5. The highest BCUT2D eigenvalue weighted by atomic mass is 19.4. The molecule has 1 saturated heterocycles. The van der Waals surface area contributed by atoms with Crippen LogP contribution in [0.3, 0.4) is 0 Å². The van der Waals surface area contributed by atoms with Gasteiger partial charge in [0, 0.05) is 42.2 Å². The number of hydrogen-bond acceptors (Lipinski definition) is 5. The number of nitrogens with zero attached hydrogens (tertiary/aromatic N) is 2. The maximum absolute atomic E-state index is 13.3.